The Hall–Kier alpha value is -1.61. The molecule has 5 nitrogen and oxygen atoms in total. The molecule has 2 rings (SSSR count). The summed E-state index contributed by atoms with van der Waals surface area (Å²) in [6.45, 7) is 0.161. The molecule has 0 aliphatic rings. The van der Waals surface area contributed by atoms with Crippen LogP contribution in [0.4, 0.5) is 10.5 Å². The van der Waals surface area contributed by atoms with Gasteiger partial charge in [-0.15, -0.1) is 0 Å². The monoisotopic (exact) mass is 475 g/mol. The Kier molecular flexibility index (Phi) is 5.78. The van der Waals surface area contributed by atoms with Gasteiger partial charge in [0, 0.05) is 8.04 Å². The number of carboxylic acids is 1. The zero-order valence-electron chi connectivity index (χ0n) is 11.2. The standard InChI is InChI=1S/C15H11BrINO4/c16-11-6-10(14(19)20)7-12(17)13(11)18-15(21)22-8-9-4-2-1-3-5-9/h1-7H,8H2,(H,18,21)(H,19,20). The van der Waals surface area contributed by atoms with Gasteiger partial charge in [0.1, 0.15) is 6.61 Å². The predicted octanol–water partition coefficient (Wildman–Crippen LogP) is 4.50. The maximum Gasteiger partial charge on any atom is 0.412 e. The molecule has 0 spiro atoms. The first-order chi connectivity index (χ1) is 10.5. The maximum atomic E-state index is 11.8. The molecule has 0 radical (unpaired) electrons. The highest BCUT2D eigenvalue weighted by Gasteiger charge is 2.14. The Balaban J connectivity index is 2.04. The van der Waals surface area contributed by atoms with E-state index in [-0.39, 0.29) is 12.2 Å². The molecule has 114 valence electrons. The quantitative estimate of drug-likeness (QED) is 0.638. The maximum absolute atomic E-state index is 11.8. The molecule has 0 atom stereocenters. The van der Waals surface area contributed by atoms with Crippen LogP contribution < -0.4 is 5.32 Å². The number of hydrogen-bond donors (Lipinski definition) is 2. The van der Waals surface area contributed by atoms with E-state index in [2.05, 4.69) is 21.2 Å². The van der Waals surface area contributed by atoms with Gasteiger partial charge >= 0.3 is 12.1 Å². The molecule has 7 heteroatoms. The van der Waals surface area contributed by atoms with Crippen molar-refractivity contribution in [1.82, 2.24) is 0 Å². The van der Waals surface area contributed by atoms with Crippen LogP contribution in [0.1, 0.15) is 15.9 Å². The lowest BCUT2D eigenvalue weighted by atomic mass is 10.2. The van der Waals surface area contributed by atoms with Crippen molar-refractivity contribution in [3.05, 3.63) is 61.6 Å². The van der Waals surface area contributed by atoms with Crippen molar-refractivity contribution in [3.63, 3.8) is 0 Å². The first-order valence-electron chi connectivity index (χ1n) is 6.17. The third-order valence-corrected chi connectivity index (χ3v) is 4.21. The summed E-state index contributed by atoms with van der Waals surface area (Å²) in [4.78, 5) is 22.8. The fraction of sp³-hybridized carbons (Fsp3) is 0.0667. The van der Waals surface area contributed by atoms with Crippen LogP contribution in [0.5, 0.6) is 0 Å². The number of rotatable bonds is 4. The normalized spacial score (nSPS) is 10.1. The van der Waals surface area contributed by atoms with E-state index in [1.54, 1.807) is 0 Å². The lowest BCUT2D eigenvalue weighted by Crippen LogP contribution is -2.15. The summed E-state index contributed by atoms with van der Waals surface area (Å²) in [5, 5.41) is 11.6. The van der Waals surface area contributed by atoms with E-state index in [0.29, 0.717) is 13.7 Å². The average molecular weight is 476 g/mol. The van der Waals surface area contributed by atoms with E-state index in [1.165, 1.54) is 12.1 Å². The van der Waals surface area contributed by atoms with Crippen molar-refractivity contribution in [2.45, 2.75) is 6.61 Å². The van der Waals surface area contributed by atoms with Gasteiger partial charge in [-0.2, -0.15) is 0 Å². The molecule has 0 saturated heterocycles. The first kappa shape index (κ1) is 16.8. The van der Waals surface area contributed by atoms with E-state index in [4.69, 9.17) is 9.84 Å². The topological polar surface area (TPSA) is 75.6 Å². The Morgan fingerprint density at radius 1 is 1.23 bits per heavy atom. The second kappa shape index (κ2) is 7.59. The number of halogens is 2. The Labute approximate surface area is 148 Å². The highest BCUT2D eigenvalue weighted by Crippen LogP contribution is 2.30. The van der Waals surface area contributed by atoms with Crippen LogP contribution in [-0.4, -0.2) is 17.2 Å². The molecule has 2 aromatic carbocycles. The number of anilines is 1. The Morgan fingerprint density at radius 3 is 2.50 bits per heavy atom. The number of hydrogen-bond acceptors (Lipinski definition) is 3. The molecule has 0 bridgehead atoms. The molecule has 0 aromatic heterocycles. The van der Waals surface area contributed by atoms with E-state index in [0.717, 1.165) is 5.56 Å². The van der Waals surface area contributed by atoms with Gasteiger partial charge in [0.15, 0.2) is 0 Å². The van der Waals surface area contributed by atoms with Gasteiger partial charge in [-0.25, -0.2) is 9.59 Å². The SMILES string of the molecule is O=C(Nc1c(Br)cc(C(=O)O)cc1I)OCc1ccccc1. The van der Waals surface area contributed by atoms with Crippen molar-refractivity contribution in [1.29, 1.82) is 0 Å². The zero-order chi connectivity index (χ0) is 16.1. The van der Waals surface area contributed by atoms with Gasteiger partial charge in [-0.05, 0) is 56.2 Å². The molecular weight excluding hydrogens is 465 g/mol. The number of ether oxygens (including phenoxy) is 1. The van der Waals surface area contributed by atoms with Crippen LogP contribution >= 0.6 is 38.5 Å². The van der Waals surface area contributed by atoms with Gasteiger partial charge in [0.2, 0.25) is 0 Å². The lowest BCUT2D eigenvalue weighted by molar-refractivity contribution is 0.0696. The largest absolute Gasteiger partial charge is 0.478 e. The van der Waals surface area contributed by atoms with Crippen LogP contribution in [-0.2, 0) is 11.3 Å². The van der Waals surface area contributed by atoms with E-state index in [9.17, 15) is 9.59 Å². The first-order valence-corrected chi connectivity index (χ1v) is 8.04. The Bertz CT molecular complexity index is 683. The molecule has 0 saturated carbocycles. The van der Waals surface area contributed by atoms with Crippen molar-refractivity contribution < 1.29 is 19.4 Å². The van der Waals surface area contributed by atoms with Crippen molar-refractivity contribution in [2.24, 2.45) is 0 Å². The minimum atomic E-state index is -1.03. The van der Waals surface area contributed by atoms with Crippen LogP contribution in [0.15, 0.2) is 46.9 Å². The lowest BCUT2D eigenvalue weighted by Gasteiger charge is -2.11. The summed E-state index contributed by atoms with van der Waals surface area (Å²) in [5.41, 5.74) is 1.50. The van der Waals surface area contributed by atoms with Gasteiger partial charge in [-0.3, -0.25) is 5.32 Å². The second-order valence-corrected chi connectivity index (χ2v) is 6.32. The summed E-state index contributed by atoms with van der Waals surface area (Å²) in [6.07, 6.45) is -0.606. The molecule has 0 unspecified atom stereocenters. The van der Waals surface area contributed by atoms with Crippen molar-refractivity contribution in [2.75, 3.05) is 5.32 Å². The van der Waals surface area contributed by atoms with Gasteiger partial charge in [0.25, 0.3) is 0 Å². The molecule has 1 amide bonds. The number of carbonyl (C=O) groups is 2. The summed E-state index contributed by atoms with van der Waals surface area (Å²) in [6, 6.07) is 12.2. The minimum Gasteiger partial charge on any atom is -0.478 e. The van der Waals surface area contributed by atoms with Gasteiger partial charge in [0.05, 0.1) is 11.3 Å². The molecule has 0 heterocycles. The predicted molar refractivity (Wildman–Crippen MR) is 94.1 cm³/mol. The molecule has 22 heavy (non-hydrogen) atoms. The highest BCUT2D eigenvalue weighted by molar-refractivity contribution is 14.1. The minimum absolute atomic E-state index is 0.138. The smallest absolute Gasteiger partial charge is 0.412 e. The average Bonchev–Trinajstić information content (AvgIpc) is 2.49. The third-order valence-electron chi connectivity index (χ3n) is 2.73. The van der Waals surface area contributed by atoms with Crippen molar-refractivity contribution in [3.8, 4) is 0 Å². The molecule has 2 N–H and O–H groups in total. The molecule has 2 aromatic rings. The van der Waals surface area contributed by atoms with Crippen LogP contribution in [0, 0.1) is 3.57 Å². The number of amides is 1. The van der Waals surface area contributed by atoms with Crippen LogP contribution in [0.25, 0.3) is 0 Å². The third kappa shape index (κ3) is 4.44. The van der Waals surface area contributed by atoms with Gasteiger partial charge in [-0.1, -0.05) is 30.3 Å². The van der Waals surface area contributed by atoms with E-state index in [1.807, 2.05) is 52.9 Å². The highest BCUT2D eigenvalue weighted by atomic mass is 127. The number of benzene rings is 2. The summed E-state index contributed by atoms with van der Waals surface area (Å²) >= 11 is 5.21. The fourth-order valence-electron chi connectivity index (χ4n) is 1.68. The fourth-order valence-corrected chi connectivity index (χ4v) is 3.37. The van der Waals surface area contributed by atoms with Crippen LogP contribution in [0.3, 0.4) is 0 Å². The molecule has 0 aliphatic heterocycles. The van der Waals surface area contributed by atoms with Crippen molar-refractivity contribution >= 4 is 56.3 Å². The summed E-state index contributed by atoms with van der Waals surface area (Å²) in [5.74, 6) is -1.03. The number of carboxylic acid groups (broad SMARTS) is 1. The second-order valence-electron chi connectivity index (χ2n) is 4.31. The van der Waals surface area contributed by atoms with Gasteiger partial charge < -0.3 is 9.84 Å². The summed E-state index contributed by atoms with van der Waals surface area (Å²) in [7, 11) is 0. The molecule has 0 aliphatic carbocycles. The Morgan fingerprint density at radius 2 is 1.91 bits per heavy atom. The molecular formula is C15H11BrINO4. The summed E-state index contributed by atoms with van der Waals surface area (Å²) < 4.78 is 6.21. The zero-order valence-corrected chi connectivity index (χ0v) is 14.9. The molecule has 0 fully saturated rings. The van der Waals surface area contributed by atoms with E-state index >= 15 is 0 Å². The van der Waals surface area contributed by atoms with E-state index < -0.39 is 12.1 Å². The number of aromatic carboxylic acids is 1. The number of nitrogens with one attached hydrogen (secondary N) is 1. The number of carbonyl (C=O) groups excluding carboxylic acids is 1. The van der Waals surface area contributed by atoms with Crippen LogP contribution in [0.2, 0.25) is 0 Å².